The zero-order chi connectivity index (χ0) is 14.7. The Morgan fingerprint density at radius 3 is 2.70 bits per heavy atom. The summed E-state index contributed by atoms with van der Waals surface area (Å²) < 4.78 is 13.3. The smallest absolute Gasteiger partial charge is 0.274 e. The molecule has 0 aliphatic rings. The minimum absolute atomic E-state index is 0.0408. The maximum absolute atomic E-state index is 13.3. The molecule has 0 radical (unpaired) electrons. The van der Waals surface area contributed by atoms with E-state index >= 15 is 0 Å². The summed E-state index contributed by atoms with van der Waals surface area (Å²) in [7, 11) is 0. The van der Waals surface area contributed by atoms with E-state index in [1.807, 2.05) is 0 Å². The summed E-state index contributed by atoms with van der Waals surface area (Å²) in [5.74, 6) is -0.155. The monoisotopic (exact) mass is 312 g/mol. The van der Waals surface area contributed by atoms with Gasteiger partial charge in [0, 0.05) is 27.3 Å². The van der Waals surface area contributed by atoms with E-state index < -0.39 is 10.7 Å². The van der Waals surface area contributed by atoms with Crippen molar-refractivity contribution in [2.24, 2.45) is 0 Å². The molecule has 4 nitrogen and oxygen atoms in total. The number of nitrogen functional groups attached to an aromatic ring is 1. The van der Waals surface area contributed by atoms with E-state index in [4.69, 9.17) is 17.3 Å². The Hall–Kier alpha value is -1.79. The van der Waals surface area contributed by atoms with Crippen molar-refractivity contribution in [3.05, 3.63) is 62.9 Å². The molecule has 0 unspecified atom stereocenters. The fourth-order valence-electron chi connectivity index (χ4n) is 1.59. The highest BCUT2D eigenvalue weighted by Crippen LogP contribution is 2.30. The predicted molar refractivity (Wildman–Crippen MR) is 78.5 cm³/mol. The summed E-state index contributed by atoms with van der Waals surface area (Å²) in [6.07, 6.45) is 0. The number of nitro groups is 1. The molecule has 0 aliphatic heterocycles. The van der Waals surface area contributed by atoms with Gasteiger partial charge in [0.1, 0.15) is 5.82 Å². The number of halogens is 2. The van der Waals surface area contributed by atoms with Crippen molar-refractivity contribution in [1.82, 2.24) is 0 Å². The lowest BCUT2D eigenvalue weighted by molar-refractivity contribution is -0.385. The summed E-state index contributed by atoms with van der Waals surface area (Å²) in [6.45, 7) is 0. The summed E-state index contributed by atoms with van der Waals surface area (Å²) in [5.41, 5.74) is 5.95. The molecule has 0 saturated heterocycles. The third kappa shape index (κ3) is 3.40. The molecule has 0 atom stereocenters. The largest absolute Gasteiger partial charge is 0.396 e. The molecule has 0 aromatic heterocycles. The van der Waals surface area contributed by atoms with Crippen LogP contribution in [0.4, 0.5) is 15.8 Å². The average Bonchev–Trinajstić information content (AvgIpc) is 2.41. The molecule has 2 N–H and O–H groups in total. The van der Waals surface area contributed by atoms with Crippen molar-refractivity contribution in [3.63, 3.8) is 0 Å². The van der Waals surface area contributed by atoms with Gasteiger partial charge in [-0.05, 0) is 30.3 Å². The molecule has 0 amide bonds. The summed E-state index contributed by atoms with van der Waals surface area (Å²) in [6, 6.07) is 8.94. The number of hydrogen-bond acceptors (Lipinski definition) is 4. The number of rotatable bonds is 4. The van der Waals surface area contributed by atoms with Gasteiger partial charge in [-0.25, -0.2) is 4.39 Å². The van der Waals surface area contributed by atoms with Gasteiger partial charge in [0.15, 0.2) is 0 Å². The highest BCUT2D eigenvalue weighted by Gasteiger charge is 2.14. The molecule has 0 bridgehead atoms. The fourth-order valence-corrected chi connectivity index (χ4v) is 2.67. The molecule has 0 fully saturated rings. The lowest BCUT2D eigenvalue weighted by Crippen LogP contribution is -1.94. The molecule has 2 aromatic rings. The van der Waals surface area contributed by atoms with Gasteiger partial charge in [0.2, 0.25) is 0 Å². The van der Waals surface area contributed by atoms with Crippen LogP contribution in [0, 0.1) is 15.9 Å². The number of nitrogens with zero attached hydrogens (tertiary/aromatic N) is 1. The number of nitro benzene ring substituents is 1. The third-order valence-corrected chi connectivity index (χ3v) is 3.89. The number of hydrogen-bond donors (Lipinski definition) is 1. The normalized spacial score (nSPS) is 10.5. The Balaban J connectivity index is 2.18. The van der Waals surface area contributed by atoms with Crippen molar-refractivity contribution in [3.8, 4) is 0 Å². The van der Waals surface area contributed by atoms with Gasteiger partial charge >= 0.3 is 0 Å². The Bertz CT molecular complexity index is 667. The van der Waals surface area contributed by atoms with Gasteiger partial charge in [-0.15, -0.1) is 11.8 Å². The van der Waals surface area contributed by atoms with Crippen LogP contribution in [-0.2, 0) is 5.75 Å². The van der Waals surface area contributed by atoms with Gasteiger partial charge in [-0.2, -0.15) is 0 Å². The first-order chi connectivity index (χ1) is 9.47. The van der Waals surface area contributed by atoms with E-state index in [0.717, 1.165) is 0 Å². The lowest BCUT2D eigenvalue weighted by atomic mass is 10.2. The van der Waals surface area contributed by atoms with Gasteiger partial charge in [-0.3, -0.25) is 10.1 Å². The summed E-state index contributed by atoms with van der Waals surface area (Å²) in [4.78, 5) is 11.1. The zero-order valence-electron chi connectivity index (χ0n) is 10.2. The van der Waals surface area contributed by atoms with Crippen LogP contribution < -0.4 is 5.73 Å². The topological polar surface area (TPSA) is 69.2 Å². The van der Waals surface area contributed by atoms with Crippen molar-refractivity contribution < 1.29 is 9.31 Å². The highest BCUT2D eigenvalue weighted by molar-refractivity contribution is 7.98. The Labute approximate surface area is 123 Å². The minimum Gasteiger partial charge on any atom is -0.396 e. The Kier molecular flexibility index (Phi) is 4.46. The van der Waals surface area contributed by atoms with E-state index in [0.29, 0.717) is 21.2 Å². The van der Waals surface area contributed by atoms with Crippen molar-refractivity contribution in [1.29, 1.82) is 0 Å². The maximum atomic E-state index is 13.3. The number of nitrogens with two attached hydrogens (primary N) is 1. The van der Waals surface area contributed by atoms with Gasteiger partial charge in [0.05, 0.1) is 10.6 Å². The second-order valence-corrected chi connectivity index (χ2v) is 5.49. The Morgan fingerprint density at radius 2 is 2.05 bits per heavy atom. The molecule has 7 heteroatoms. The molecular weight excluding hydrogens is 303 g/mol. The molecule has 2 rings (SSSR count). The van der Waals surface area contributed by atoms with E-state index in [9.17, 15) is 14.5 Å². The summed E-state index contributed by atoms with van der Waals surface area (Å²) >= 11 is 7.03. The first-order valence-electron chi connectivity index (χ1n) is 5.58. The first kappa shape index (κ1) is 14.6. The number of benzene rings is 2. The minimum atomic E-state index is -0.499. The van der Waals surface area contributed by atoms with Crippen LogP contribution in [0.1, 0.15) is 5.56 Å². The highest BCUT2D eigenvalue weighted by atomic mass is 35.5. The zero-order valence-corrected chi connectivity index (χ0v) is 11.7. The van der Waals surface area contributed by atoms with Gasteiger partial charge in [-0.1, -0.05) is 11.6 Å². The van der Waals surface area contributed by atoms with Crippen LogP contribution >= 0.6 is 23.4 Å². The Morgan fingerprint density at radius 1 is 1.30 bits per heavy atom. The average molecular weight is 313 g/mol. The van der Waals surface area contributed by atoms with E-state index in [1.165, 1.54) is 30.0 Å². The predicted octanol–water partition coefficient (Wildman–Crippen LogP) is 4.26. The number of anilines is 1. The van der Waals surface area contributed by atoms with Gasteiger partial charge in [0.25, 0.3) is 5.69 Å². The molecular formula is C13H10ClFN2O2S. The van der Waals surface area contributed by atoms with E-state index in [1.54, 1.807) is 18.2 Å². The lowest BCUT2D eigenvalue weighted by Gasteiger charge is -2.05. The van der Waals surface area contributed by atoms with Gasteiger partial charge < -0.3 is 5.73 Å². The molecule has 104 valence electrons. The van der Waals surface area contributed by atoms with Crippen LogP contribution in [0.2, 0.25) is 5.02 Å². The quantitative estimate of drug-likeness (QED) is 0.396. The van der Waals surface area contributed by atoms with E-state index in [-0.39, 0.29) is 11.4 Å². The second-order valence-electron chi connectivity index (χ2n) is 4.00. The molecule has 2 aromatic carbocycles. The first-order valence-corrected chi connectivity index (χ1v) is 6.94. The van der Waals surface area contributed by atoms with Crippen LogP contribution in [0.25, 0.3) is 0 Å². The van der Waals surface area contributed by atoms with Crippen LogP contribution in [0.3, 0.4) is 0 Å². The van der Waals surface area contributed by atoms with Crippen molar-refractivity contribution in [2.45, 2.75) is 10.6 Å². The third-order valence-electron chi connectivity index (χ3n) is 2.61. The van der Waals surface area contributed by atoms with Crippen LogP contribution in [0.5, 0.6) is 0 Å². The molecule has 0 heterocycles. The molecule has 20 heavy (non-hydrogen) atoms. The van der Waals surface area contributed by atoms with Crippen molar-refractivity contribution in [2.75, 3.05) is 5.73 Å². The number of thioether (sulfide) groups is 1. The van der Waals surface area contributed by atoms with Crippen LogP contribution in [-0.4, -0.2) is 4.92 Å². The fraction of sp³-hybridized carbons (Fsp3) is 0.0769. The maximum Gasteiger partial charge on any atom is 0.274 e. The van der Waals surface area contributed by atoms with E-state index in [2.05, 4.69) is 0 Å². The molecule has 0 spiro atoms. The second kappa shape index (κ2) is 6.11. The summed E-state index contributed by atoms with van der Waals surface area (Å²) in [5, 5.41) is 11.3. The molecule has 0 aliphatic carbocycles. The van der Waals surface area contributed by atoms with Crippen molar-refractivity contribution >= 4 is 34.7 Å². The standard InChI is InChI=1S/C13H10ClFN2O2S/c14-9-2-1-8(13(5-9)17(18)19)7-20-10-3-4-12(16)11(15)6-10/h1-6H,7,16H2. The SMILES string of the molecule is Nc1ccc(SCc2ccc(Cl)cc2[N+](=O)[O-])cc1F. The molecule has 0 saturated carbocycles. The van der Waals surface area contributed by atoms with Crippen LogP contribution in [0.15, 0.2) is 41.3 Å².